The number of likely N-dealkylation sites (tertiary alicyclic amines) is 1. The van der Waals surface area contributed by atoms with Gasteiger partial charge in [-0.25, -0.2) is 0 Å². The number of nitrogens with zero attached hydrogens (tertiary/aromatic N) is 2. The maximum absolute atomic E-state index is 13.2. The summed E-state index contributed by atoms with van der Waals surface area (Å²) in [5, 5.41) is 4.75. The third-order valence-corrected chi connectivity index (χ3v) is 9.37. The zero-order valence-electron chi connectivity index (χ0n) is 19.9. The van der Waals surface area contributed by atoms with E-state index in [-0.39, 0.29) is 16.9 Å². The predicted octanol–water partition coefficient (Wildman–Crippen LogP) is 5.03. The van der Waals surface area contributed by atoms with E-state index in [2.05, 4.69) is 17.3 Å². The summed E-state index contributed by atoms with van der Waals surface area (Å²) in [4.78, 5) is 28.8. The second kappa shape index (κ2) is 8.26. The average molecular weight is 448 g/mol. The highest BCUT2D eigenvalue weighted by molar-refractivity contribution is 6.02. The van der Waals surface area contributed by atoms with Gasteiger partial charge in [-0.3, -0.25) is 9.59 Å². The molecular formula is C28H37N3O2. The second-order valence-electron chi connectivity index (χ2n) is 11.8. The standard InChI is InChI=1S/C28H37N3O2/c1-30-9-3-4-22(30)7-10-31-11-8-23-24(27(31)33)5-2-6-25(23)29-26(32)18-28-15-19-12-20(16-28)14-21(13-19)17-28/h2,5-6,8,11,19-22H,3-4,7,9-10,12-18H2,1H3,(H,29,32). The largest absolute Gasteiger partial charge is 0.325 e. The molecule has 1 N–H and O–H groups in total. The SMILES string of the molecule is CN1CCCC1CCn1ccc2c(NC(=O)CC34CC5CC(CC(C5)C3)C4)cccc2c1=O. The number of amides is 1. The Balaban J connectivity index is 1.18. The molecule has 4 aliphatic carbocycles. The van der Waals surface area contributed by atoms with Gasteiger partial charge in [0.25, 0.3) is 5.56 Å². The van der Waals surface area contributed by atoms with Crippen molar-refractivity contribution in [3.8, 4) is 0 Å². The molecule has 0 spiro atoms. The van der Waals surface area contributed by atoms with Gasteiger partial charge in [0, 0.05) is 41.7 Å². The van der Waals surface area contributed by atoms with Crippen molar-refractivity contribution in [3.05, 3.63) is 40.8 Å². The summed E-state index contributed by atoms with van der Waals surface area (Å²) in [6.07, 6.45) is 13.9. The van der Waals surface area contributed by atoms with Gasteiger partial charge in [0.1, 0.15) is 0 Å². The van der Waals surface area contributed by atoms with Gasteiger partial charge in [0.05, 0.1) is 0 Å². The monoisotopic (exact) mass is 447 g/mol. The van der Waals surface area contributed by atoms with Gasteiger partial charge >= 0.3 is 0 Å². The van der Waals surface area contributed by atoms with Gasteiger partial charge in [-0.1, -0.05) is 6.07 Å². The van der Waals surface area contributed by atoms with E-state index in [1.54, 1.807) is 0 Å². The molecule has 4 saturated carbocycles. The minimum atomic E-state index is 0.0466. The average Bonchev–Trinajstić information content (AvgIpc) is 3.17. The minimum Gasteiger partial charge on any atom is -0.325 e. The fraction of sp³-hybridized carbons (Fsp3) is 0.643. The lowest BCUT2D eigenvalue weighted by molar-refractivity contribution is -0.124. The number of hydrogen-bond acceptors (Lipinski definition) is 3. The number of hydrogen-bond donors (Lipinski definition) is 1. The molecule has 5 aliphatic rings. The Morgan fingerprint density at radius 1 is 1.06 bits per heavy atom. The molecule has 33 heavy (non-hydrogen) atoms. The summed E-state index contributed by atoms with van der Waals surface area (Å²) in [7, 11) is 2.18. The van der Waals surface area contributed by atoms with E-state index in [0.717, 1.165) is 48.3 Å². The summed E-state index contributed by atoms with van der Waals surface area (Å²) < 4.78 is 1.84. The first-order chi connectivity index (χ1) is 16.0. The number of carbonyl (C=O) groups is 1. The molecule has 0 radical (unpaired) electrons. The van der Waals surface area contributed by atoms with Gasteiger partial charge in [-0.2, -0.15) is 0 Å². The highest BCUT2D eigenvalue weighted by atomic mass is 16.1. The summed E-state index contributed by atoms with van der Waals surface area (Å²) in [5.41, 5.74) is 1.05. The first-order valence-corrected chi connectivity index (χ1v) is 13.1. The van der Waals surface area contributed by atoms with Gasteiger partial charge in [-0.05, 0) is 113 Å². The molecule has 1 atom stereocenters. The molecule has 1 amide bonds. The third kappa shape index (κ3) is 4.03. The van der Waals surface area contributed by atoms with Crippen LogP contribution in [-0.4, -0.2) is 35.0 Å². The van der Waals surface area contributed by atoms with E-state index in [1.807, 2.05) is 35.0 Å². The fourth-order valence-electron chi connectivity index (χ4n) is 8.28. The van der Waals surface area contributed by atoms with Crippen LogP contribution in [0.5, 0.6) is 0 Å². The number of aromatic nitrogens is 1. The molecule has 5 fully saturated rings. The number of carbonyl (C=O) groups excluding carboxylic acids is 1. The van der Waals surface area contributed by atoms with Crippen LogP contribution in [0.2, 0.25) is 0 Å². The van der Waals surface area contributed by atoms with Crippen molar-refractivity contribution >= 4 is 22.4 Å². The van der Waals surface area contributed by atoms with Gasteiger partial charge in [-0.15, -0.1) is 0 Å². The Kier molecular flexibility index (Phi) is 5.36. The van der Waals surface area contributed by atoms with Crippen molar-refractivity contribution < 1.29 is 4.79 Å². The molecule has 1 unspecified atom stereocenters. The molecule has 4 bridgehead atoms. The van der Waals surface area contributed by atoms with Gasteiger partial charge < -0.3 is 14.8 Å². The Hall–Kier alpha value is -2.14. The molecule has 1 aromatic heterocycles. The van der Waals surface area contributed by atoms with Crippen molar-refractivity contribution in [3.63, 3.8) is 0 Å². The van der Waals surface area contributed by atoms with E-state index in [9.17, 15) is 9.59 Å². The lowest BCUT2D eigenvalue weighted by Gasteiger charge is -2.56. The number of nitrogens with one attached hydrogen (secondary N) is 1. The topological polar surface area (TPSA) is 54.3 Å². The molecule has 5 nitrogen and oxygen atoms in total. The molecular weight excluding hydrogens is 410 g/mol. The Labute approximate surface area is 196 Å². The van der Waals surface area contributed by atoms with Gasteiger partial charge in [0.15, 0.2) is 0 Å². The lowest BCUT2D eigenvalue weighted by Crippen LogP contribution is -2.47. The lowest BCUT2D eigenvalue weighted by atomic mass is 9.49. The zero-order chi connectivity index (χ0) is 22.6. The van der Waals surface area contributed by atoms with E-state index in [4.69, 9.17) is 0 Å². The van der Waals surface area contributed by atoms with Crippen molar-refractivity contribution in [1.82, 2.24) is 9.47 Å². The fourth-order valence-corrected chi connectivity index (χ4v) is 8.28. The Morgan fingerprint density at radius 2 is 1.79 bits per heavy atom. The zero-order valence-corrected chi connectivity index (χ0v) is 19.9. The Morgan fingerprint density at radius 3 is 2.45 bits per heavy atom. The van der Waals surface area contributed by atoms with Crippen LogP contribution in [-0.2, 0) is 11.3 Å². The molecule has 176 valence electrons. The van der Waals surface area contributed by atoms with E-state index < -0.39 is 0 Å². The second-order valence-corrected chi connectivity index (χ2v) is 11.8. The number of benzene rings is 1. The van der Waals surface area contributed by atoms with Crippen molar-refractivity contribution in [2.24, 2.45) is 23.2 Å². The van der Waals surface area contributed by atoms with Crippen LogP contribution in [0.4, 0.5) is 5.69 Å². The maximum Gasteiger partial charge on any atom is 0.258 e. The number of rotatable bonds is 6. The molecule has 1 aromatic carbocycles. The summed E-state index contributed by atoms with van der Waals surface area (Å²) in [6.45, 7) is 1.90. The van der Waals surface area contributed by atoms with E-state index >= 15 is 0 Å². The summed E-state index contributed by atoms with van der Waals surface area (Å²) in [5.74, 6) is 2.68. The normalized spacial score (nSPS) is 33.1. The van der Waals surface area contributed by atoms with Crippen molar-refractivity contribution in [2.75, 3.05) is 18.9 Å². The maximum atomic E-state index is 13.2. The van der Waals surface area contributed by atoms with Crippen LogP contribution in [0.3, 0.4) is 0 Å². The molecule has 7 rings (SSSR count). The molecule has 2 heterocycles. The summed E-state index contributed by atoms with van der Waals surface area (Å²) in [6, 6.07) is 8.32. The molecule has 1 aliphatic heterocycles. The van der Waals surface area contributed by atoms with Crippen LogP contribution in [0.1, 0.15) is 64.2 Å². The van der Waals surface area contributed by atoms with Crippen molar-refractivity contribution in [1.29, 1.82) is 0 Å². The smallest absolute Gasteiger partial charge is 0.258 e. The highest BCUT2D eigenvalue weighted by Gasteiger charge is 2.51. The first-order valence-electron chi connectivity index (χ1n) is 13.1. The van der Waals surface area contributed by atoms with Crippen LogP contribution in [0.15, 0.2) is 35.3 Å². The number of anilines is 1. The van der Waals surface area contributed by atoms with Crippen LogP contribution >= 0.6 is 0 Å². The van der Waals surface area contributed by atoms with E-state index in [1.165, 1.54) is 51.4 Å². The molecule has 5 heteroatoms. The molecule has 1 saturated heterocycles. The minimum absolute atomic E-state index is 0.0466. The number of aryl methyl sites for hydroxylation is 1. The van der Waals surface area contributed by atoms with Crippen LogP contribution < -0.4 is 10.9 Å². The molecule has 2 aromatic rings. The predicted molar refractivity (Wildman–Crippen MR) is 132 cm³/mol. The number of fused-ring (bicyclic) bond motifs is 1. The highest BCUT2D eigenvalue weighted by Crippen LogP contribution is 2.61. The first kappa shape index (κ1) is 21.4. The van der Waals surface area contributed by atoms with Crippen LogP contribution in [0, 0.1) is 23.2 Å². The van der Waals surface area contributed by atoms with E-state index in [0.29, 0.717) is 17.8 Å². The van der Waals surface area contributed by atoms with Gasteiger partial charge in [0.2, 0.25) is 5.91 Å². The Bertz CT molecular complexity index is 1080. The van der Waals surface area contributed by atoms with Crippen LogP contribution in [0.25, 0.3) is 10.8 Å². The third-order valence-electron chi connectivity index (χ3n) is 9.37. The summed E-state index contributed by atoms with van der Waals surface area (Å²) >= 11 is 0. The quantitative estimate of drug-likeness (QED) is 0.676. The number of pyridine rings is 1. The van der Waals surface area contributed by atoms with Crippen molar-refractivity contribution in [2.45, 2.75) is 76.8 Å².